The van der Waals surface area contributed by atoms with Gasteiger partial charge in [0.25, 0.3) is 5.91 Å². The normalized spacial score (nSPS) is 17.7. The average Bonchev–Trinajstić information content (AvgIpc) is 2.57. The first-order valence-electron chi connectivity index (χ1n) is 7.62. The highest BCUT2D eigenvalue weighted by Crippen LogP contribution is 2.35. The van der Waals surface area contributed by atoms with Gasteiger partial charge in [0.15, 0.2) is 6.10 Å². The molecule has 3 rings (SSSR count). The molecule has 0 saturated heterocycles. The van der Waals surface area contributed by atoms with Crippen molar-refractivity contribution in [1.29, 1.82) is 0 Å². The highest BCUT2D eigenvalue weighted by Gasteiger charge is 2.36. The van der Waals surface area contributed by atoms with Gasteiger partial charge in [-0.25, -0.2) is 0 Å². The average molecular weight is 345 g/mol. The molecule has 124 valence electrons. The summed E-state index contributed by atoms with van der Waals surface area (Å²) in [5.41, 5.74) is 1.22. The molecule has 1 aliphatic heterocycles. The summed E-state index contributed by atoms with van der Waals surface area (Å²) in [5, 5.41) is 3.39. The number of carbonyl (C=O) groups excluding carboxylic acids is 2. The van der Waals surface area contributed by atoms with Gasteiger partial charge in [0, 0.05) is 10.7 Å². The van der Waals surface area contributed by atoms with Crippen molar-refractivity contribution in [1.82, 2.24) is 0 Å². The van der Waals surface area contributed by atoms with Gasteiger partial charge in [0.05, 0.1) is 5.69 Å². The lowest BCUT2D eigenvalue weighted by Crippen LogP contribution is -2.52. The second kappa shape index (κ2) is 6.53. The molecule has 2 unspecified atom stereocenters. The van der Waals surface area contributed by atoms with Gasteiger partial charge in [-0.1, -0.05) is 23.7 Å². The molecule has 0 fully saturated rings. The van der Waals surface area contributed by atoms with Crippen molar-refractivity contribution in [3.8, 4) is 5.75 Å². The summed E-state index contributed by atoms with van der Waals surface area (Å²) >= 11 is 5.84. The zero-order chi connectivity index (χ0) is 17.3. The minimum absolute atomic E-state index is 0.243. The Hall–Kier alpha value is -2.53. The van der Waals surface area contributed by atoms with E-state index in [0.29, 0.717) is 22.1 Å². The summed E-state index contributed by atoms with van der Waals surface area (Å²) in [6.07, 6.45) is -0.634. The highest BCUT2D eigenvalue weighted by atomic mass is 35.5. The maximum absolute atomic E-state index is 12.6. The van der Waals surface area contributed by atoms with Crippen molar-refractivity contribution in [3.63, 3.8) is 0 Å². The minimum Gasteiger partial charge on any atom is -0.479 e. The number of halogens is 1. The van der Waals surface area contributed by atoms with E-state index in [1.54, 1.807) is 50.2 Å². The molecule has 2 atom stereocenters. The van der Waals surface area contributed by atoms with Crippen LogP contribution < -0.4 is 15.0 Å². The van der Waals surface area contributed by atoms with Gasteiger partial charge >= 0.3 is 0 Å². The molecule has 6 heteroatoms. The Kier molecular flexibility index (Phi) is 4.44. The summed E-state index contributed by atoms with van der Waals surface area (Å²) in [6, 6.07) is 13.3. The van der Waals surface area contributed by atoms with Crippen LogP contribution in [0.4, 0.5) is 11.4 Å². The van der Waals surface area contributed by atoms with Gasteiger partial charge < -0.3 is 10.1 Å². The number of ether oxygens (including phenoxy) is 1. The number of benzene rings is 2. The molecule has 2 aromatic rings. The van der Waals surface area contributed by atoms with Crippen molar-refractivity contribution < 1.29 is 14.3 Å². The summed E-state index contributed by atoms with van der Waals surface area (Å²) in [5.74, 6) is 0.0674. The number of nitrogens with one attached hydrogen (secondary N) is 1. The number of nitrogens with zero attached hydrogens (tertiary/aromatic N) is 1. The zero-order valence-corrected chi connectivity index (χ0v) is 14.1. The summed E-state index contributed by atoms with van der Waals surface area (Å²) in [7, 11) is 0. The zero-order valence-electron chi connectivity index (χ0n) is 13.3. The third kappa shape index (κ3) is 3.08. The lowest BCUT2D eigenvalue weighted by Gasteiger charge is -2.36. The molecular formula is C18H17ClN2O3. The van der Waals surface area contributed by atoms with Gasteiger partial charge in [-0.05, 0) is 50.2 Å². The molecule has 0 saturated carbocycles. The lowest BCUT2D eigenvalue weighted by atomic mass is 10.1. The second-order valence-electron chi connectivity index (χ2n) is 5.61. The molecule has 1 N–H and O–H groups in total. The molecule has 0 aromatic heterocycles. The number of para-hydroxylation sites is 2. The molecule has 0 radical (unpaired) electrons. The van der Waals surface area contributed by atoms with Crippen molar-refractivity contribution in [2.24, 2.45) is 0 Å². The number of hydrogen-bond donors (Lipinski definition) is 1. The van der Waals surface area contributed by atoms with Crippen LogP contribution >= 0.6 is 11.6 Å². The van der Waals surface area contributed by atoms with E-state index < -0.39 is 12.1 Å². The van der Waals surface area contributed by atoms with Gasteiger partial charge in [0.2, 0.25) is 5.91 Å². The quantitative estimate of drug-likeness (QED) is 0.927. The molecule has 5 nitrogen and oxygen atoms in total. The number of carbonyl (C=O) groups is 2. The standard InChI is InChI=1S/C18H17ClN2O3/c1-11(17(22)20-14-9-7-13(19)8-10-14)21-15-5-3-4-6-16(15)24-12(2)18(21)23/h3-12H,1-2H3,(H,20,22). The Balaban J connectivity index is 1.85. The number of hydrogen-bond acceptors (Lipinski definition) is 3. The van der Waals surface area contributed by atoms with Crippen molar-refractivity contribution in [2.45, 2.75) is 26.0 Å². The fraction of sp³-hybridized carbons (Fsp3) is 0.222. The maximum atomic E-state index is 12.6. The van der Waals surface area contributed by atoms with Crippen LogP contribution in [0.1, 0.15) is 13.8 Å². The van der Waals surface area contributed by atoms with E-state index in [2.05, 4.69) is 5.32 Å². The van der Waals surface area contributed by atoms with E-state index in [1.807, 2.05) is 12.1 Å². The fourth-order valence-electron chi connectivity index (χ4n) is 2.61. The topological polar surface area (TPSA) is 58.6 Å². The van der Waals surface area contributed by atoms with Crippen LogP contribution in [0.25, 0.3) is 0 Å². The van der Waals surface area contributed by atoms with Gasteiger partial charge in [0.1, 0.15) is 11.8 Å². The highest BCUT2D eigenvalue weighted by molar-refractivity contribution is 6.30. The fourth-order valence-corrected chi connectivity index (χ4v) is 2.73. The monoisotopic (exact) mass is 344 g/mol. The first-order valence-corrected chi connectivity index (χ1v) is 8.00. The first kappa shape index (κ1) is 16.3. The van der Waals surface area contributed by atoms with Gasteiger partial charge in [-0.3, -0.25) is 14.5 Å². The maximum Gasteiger partial charge on any atom is 0.268 e. The lowest BCUT2D eigenvalue weighted by molar-refractivity contribution is -0.128. The van der Waals surface area contributed by atoms with Crippen LogP contribution in [-0.4, -0.2) is 24.0 Å². The van der Waals surface area contributed by atoms with Crippen LogP contribution in [0.2, 0.25) is 5.02 Å². The van der Waals surface area contributed by atoms with Crippen molar-refractivity contribution in [3.05, 3.63) is 53.6 Å². The molecular weight excluding hydrogens is 328 g/mol. The Morgan fingerprint density at radius 3 is 2.58 bits per heavy atom. The molecule has 1 aliphatic rings. The minimum atomic E-state index is -0.680. The predicted molar refractivity (Wildman–Crippen MR) is 93.6 cm³/mol. The van der Waals surface area contributed by atoms with Crippen LogP contribution in [0.5, 0.6) is 5.75 Å². The van der Waals surface area contributed by atoms with Crippen LogP contribution in [0.15, 0.2) is 48.5 Å². The van der Waals surface area contributed by atoms with E-state index in [0.717, 1.165) is 0 Å². The summed E-state index contributed by atoms with van der Waals surface area (Å²) in [6.45, 7) is 3.37. The van der Waals surface area contributed by atoms with E-state index in [9.17, 15) is 9.59 Å². The third-order valence-electron chi connectivity index (χ3n) is 3.89. The molecule has 24 heavy (non-hydrogen) atoms. The van der Waals surface area contributed by atoms with Gasteiger partial charge in [-0.2, -0.15) is 0 Å². The molecule has 2 amide bonds. The molecule has 0 spiro atoms. The summed E-state index contributed by atoms with van der Waals surface area (Å²) < 4.78 is 5.60. The number of rotatable bonds is 3. The molecule has 1 heterocycles. The van der Waals surface area contributed by atoms with E-state index >= 15 is 0 Å². The number of fused-ring (bicyclic) bond motifs is 1. The molecule has 2 aromatic carbocycles. The van der Waals surface area contributed by atoms with Crippen LogP contribution in [-0.2, 0) is 9.59 Å². The Labute approximate surface area is 145 Å². The molecule has 0 bridgehead atoms. The number of anilines is 2. The van der Waals surface area contributed by atoms with Crippen molar-refractivity contribution in [2.75, 3.05) is 10.2 Å². The number of amides is 2. The largest absolute Gasteiger partial charge is 0.479 e. The Morgan fingerprint density at radius 2 is 1.88 bits per heavy atom. The van der Waals surface area contributed by atoms with Crippen molar-refractivity contribution >= 4 is 34.8 Å². The Bertz CT molecular complexity index is 776. The van der Waals surface area contributed by atoms with E-state index in [4.69, 9.17) is 16.3 Å². The van der Waals surface area contributed by atoms with E-state index in [-0.39, 0.29) is 11.8 Å². The van der Waals surface area contributed by atoms with Crippen LogP contribution in [0, 0.1) is 0 Å². The Morgan fingerprint density at radius 1 is 1.21 bits per heavy atom. The predicted octanol–water partition coefficient (Wildman–Crippen LogP) is 3.48. The smallest absolute Gasteiger partial charge is 0.268 e. The first-order chi connectivity index (χ1) is 11.5. The van der Waals surface area contributed by atoms with Crippen LogP contribution in [0.3, 0.4) is 0 Å². The third-order valence-corrected chi connectivity index (χ3v) is 4.14. The SMILES string of the molecule is CC1Oc2ccccc2N(C(C)C(=O)Nc2ccc(Cl)cc2)C1=O. The summed E-state index contributed by atoms with van der Waals surface area (Å²) in [4.78, 5) is 26.6. The molecule has 0 aliphatic carbocycles. The van der Waals surface area contributed by atoms with E-state index in [1.165, 1.54) is 4.90 Å². The second-order valence-corrected chi connectivity index (χ2v) is 6.04. The van der Waals surface area contributed by atoms with Gasteiger partial charge in [-0.15, -0.1) is 0 Å².